The van der Waals surface area contributed by atoms with Crippen molar-refractivity contribution >= 4 is 30.0 Å². The molecule has 13 heteroatoms. The number of carbonyl (C=O) groups is 3. The molecule has 0 radical (unpaired) electrons. The SMILES string of the molecule is CN(C)OOSc1ccc2c(c1)CC[C@H]2N1C(=O)[C@H]2C[C@@H]1CN2C[C@H](NC(=O)OC(C)(C)C)C(=O)N1CCC[C@H]1C#N. The molecule has 12 nitrogen and oxygen atoms in total. The van der Waals surface area contributed by atoms with Crippen LogP contribution in [0.15, 0.2) is 23.1 Å². The van der Waals surface area contributed by atoms with Gasteiger partial charge in [0.15, 0.2) is 0 Å². The number of piperazine rings is 1. The Hall–Kier alpha value is -2.89. The summed E-state index contributed by atoms with van der Waals surface area (Å²) in [6.45, 7) is 6.56. The molecular formula is C29H40N6O6S. The van der Waals surface area contributed by atoms with E-state index in [-0.39, 0.29) is 36.5 Å². The van der Waals surface area contributed by atoms with Gasteiger partial charge in [-0.3, -0.25) is 14.5 Å². The fourth-order valence-corrected chi connectivity index (χ4v) is 7.11. The van der Waals surface area contributed by atoms with Crippen LogP contribution in [-0.2, 0) is 30.1 Å². The third-order valence-electron chi connectivity index (χ3n) is 8.21. The Morgan fingerprint density at radius 3 is 2.71 bits per heavy atom. The van der Waals surface area contributed by atoms with E-state index in [0.717, 1.165) is 41.8 Å². The van der Waals surface area contributed by atoms with Crippen LogP contribution in [0.5, 0.6) is 0 Å². The number of nitrogens with zero attached hydrogens (tertiary/aromatic N) is 5. The number of nitriles is 1. The molecule has 5 atom stereocenters. The Morgan fingerprint density at radius 1 is 1.24 bits per heavy atom. The van der Waals surface area contributed by atoms with Crippen molar-refractivity contribution in [3.63, 3.8) is 0 Å². The monoisotopic (exact) mass is 600 g/mol. The van der Waals surface area contributed by atoms with E-state index in [1.165, 1.54) is 10.6 Å². The van der Waals surface area contributed by atoms with Crippen LogP contribution in [0.3, 0.4) is 0 Å². The van der Waals surface area contributed by atoms with Gasteiger partial charge in [0.1, 0.15) is 17.7 Å². The summed E-state index contributed by atoms with van der Waals surface area (Å²) >= 11 is 1.15. The summed E-state index contributed by atoms with van der Waals surface area (Å²) < 4.78 is 10.6. The molecule has 0 aromatic heterocycles. The number of likely N-dealkylation sites (tertiary alicyclic amines) is 3. The maximum Gasteiger partial charge on any atom is 0.408 e. The number of benzene rings is 1. The van der Waals surface area contributed by atoms with Gasteiger partial charge in [0.2, 0.25) is 11.8 Å². The maximum absolute atomic E-state index is 13.8. The lowest BCUT2D eigenvalue weighted by molar-refractivity contribution is -0.340. The Bertz CT molecular complexity index is 1250. The average Bonchev–Trinajstić information content (AvgIpc) is 3.69. The van der Waals surface area contributed by atoms with Crippen molar-refractivity contribution in [3.05, 3.63) is 29.3 Å². The van der Waals surface area contributed by atoms with Crippen molar-refractivity contribution < 1.29 is 28.4 Å². The van der Waals surface area contributed by atoms with Crippen molar-refractivity contribution in [1.82, 2.24) is 25.1 Å². The first-order chi connectivity index (χ1) is 19.9. The molecule has 3 aliphatic heterocycles. The van der Waals surface area contributed by atoms with Gasteiger partial charge >= 0.3 is 6.09 Å². The largest absolute Gasteiger partial charge is 0.444 e. The molecule has 1 aromatic rings. The summed E-state index contributed by atoms with van der Waals surface area (Å²) in [6, 6.07) is 6.61. The lowest BCUT2D eigenvalue weighted by atomic mass is 10.1. The van der Waals surface area contributed by atoms with Crippen LogP contribution in [-0.4, -0.2) is 101 Å². The second-order valence-corrected chi connectivity index (χ2v) is 13.3. The fourth-order valence-electron chi connectivity index (χ4n) is 6.56. The maximum atomic E-state index is 13.8. The van der Waals surface area contributed by atoms with Crippen LogP contribution in [0.1, 0.15) is 63.6 Å². The number of amides is 3. The summed E-state index contributed by atoms with van der Waals surface area (Å²) in [5, 5.41) is 13.8. The Labute approximate surface area is 251 Å². The lowest BCUT2D eigenvalue weighted by Gasteiger charge is -2.39. The highest BCUT2D eigenvalue weighted by atomic mass is 32.2. The third-order valence-corrected chi connectivity index (χ3v) is 8.79. The van der Waals surface area contributed by atoms with Crippen LogP contribution in [0, 0.1) is 11.3 Å². The minimum absolute atomic E-state index is 0.0148. The highest BCUT2D eigenvalue weighted by Crippen LogP contribution is 2.44. The van der Waals surface area contributed by atoms with Crippen molar-refractivity contribution in [3.8, 4) is 6.07 Å². The lowest BCUT2D eigenvalue weighted by Crippen LogP contribution is -2.59. The minimum atomic E-state index is -0.920. The van der Waals surface area contributed by atoms with E-state index in [9.17, 15) is 19.6 Å². The number of ether oxygens (including phenoxy) is 1. The molecule has 228 valence electrons. The zero-order valence-corrected chi connectivity index (χ0v) is 25.7. The number of hydrogen-bond acceptors (Lipinski definition) is 10. The van der Waals surface area contributed by atoms with Gasteiger partial charge in [-0.15, -0.1) is 9.32 Å². The molecule has 5 rings (SSSR count). The van der Waals surface area contributed by atoms with E-state index in [1.807, 2.05) is 15.9 Å². The van der Waals surface area contributed by atoms with Gasteiger partial charge in [-0.1, -0.05) is 6.07 Å². The van der Waals surface area contributed by atoms with Crippen LogP contribution < -0.4 is 5.32 Å². The van der Waals surface area contributed by atoms with Crippen LogP contribution in [0.4, 0.5) is 4.79 Å². The first-order valence-electron chi connectivity index (χ1n) is 14.5. The Kier molecular flexibility index (Phi) is 9.01. The van der Waals surface area contributed by atoms with E-state index in [2.05, 4.69) is 23.5 Å². The first kappa shape index (κ1) is 30.6. The Balaban J connectivity index is 1.26. The number of carbonyl (C=O) groups excluding carboxylic acids is 3. The van der Waals surface area contributed by atoms with Crippen LogP contribution >= 0.6 is 12.0 Å². The molecule has 1 N–H and O–H groups in total. The van der Waals surface area contributed by atoms with Crippen LogP contribution in [0.2, 0.25) is 0 Å². The summed E-state index contributed by atoms with van der Waals surface area (Å²) in [5.41, 5.74) is 1.64. The van der Waals surface area contributed by atoms with Gasteiger partial charge in [0, 0.05) is 44.7 Å². The van der Waals surface area contributed by atoms with E-state index < -0.39 is 23.8 Å². The zero-order valence-electron chi connectivity index (χ0n) is 24.9. The number of hydrogen-bond donors (Lipinski definition) is 1. The van der Waals surface area contributed by atoms with Gasteiger partial charge in [0.25, 0.3) is 0 Å². The predicted octanol–water partition coefficient (Wildman–Crippen LogP) is 2.80. The number of rotatable bonds is 9. The van der Waals surface area contributed by atoms with E-state index in [4.69, 9.17) is 14.1 Å². The molecule has 1 aromatic carbocycles. The molecule has 4 aliphatic rings. The molecule has 42 heavy (non-hydrogen) atoms. The number of nitrogens with one attached hydrogen (secondary N) is 1. The van der Waals surface area contributed by atoms with Crippen molar-refractivity contribution in [2.75, 3.05) is 33.7 Å². The van der Waals surface area contributed by atoms with Crippen molar-refractivity contribution in [2.24, 2.45) is 0 Å². The topological polar surface area (TPSA) is 128 Å². The molecule has 0 unspecified atom stereocenters. The molecule has 3 fully saturated rings. The van der Waals surface area contributed by atoms with Gasteiger partial charge in [-0.05, 0) is 76.1 Å². The minimum Gasteiger partial charge on any atom is -0.444 e. The normalized spacial score (nSPS) is 26.1. The molecule has 3 heterocycles. The van der Waals surface area contributed by atoms with Gasteiger partial charge in [0.05, 0.1) is 30.2 Å². The molecular weight excluding hydrogens is 560 g/mol. The molecule has 3 amide bonds. The molecule has 2 bridgehead atoms. The highest BCUT2D eigenvalue weighted by molar-refractivity contribution is 7.94. The van der Waals surface area contributed by atoms with Crippen molar-refractivity contribution in [2.45, 2.75) is 93.6 Å². The van der Waals surface area contributed by atoms with E-state index in [0.29, 0.717) is 25.9 Å². The smallest absolute Gasteiger partial charge is 0.408 e. The summed E-state index contributed by atoms with van der Waals surface area (Å²) in [6.07, 6.45) is 3.09. The summed E-state index contributed by atoms with van der Waals surface area (Å²) in [7, 11) is 3.48. The quantitative estimate of drug-likeness (QED) is 0.257. The van der Waals surface area contributed by atoms with Crippen molar-refractivity contribution in [1.29, 1.82) is 5.26 Å². The van der Waals surface area contributed by atoms with E-state index in [1.54, 1.807) is 39.8 Å². The Morgan fingerprint density at radius 2 is 2.02 bits per heavy atom. The summed E-state index contributed by atoms with van der Waals surface area (Å²) in [4.78, 5) is 51.6. The van der Waals surface area contributed by atoms with Gasteiger partial charge in [-0.25, -0.2) is 4.79 Å². The van der Waals surface area contributed by atoms with Crippen LogP contribution in [0.25, 0.3) is 0 Å². The molecule has 0 saturated carbocycles. The number of alkyl carbamates (subject to hydrolysis) is 1. The van der Waals surface area contributed by atoms with Gasteiger partial charge in [-0.2, -0.15) is 10.3 Å². The van der Waals surface area contributed by atoms with Gasteiger partial charge < -0.3 is 19.9 Å². The fraction of sp³-hybridized carbons (Fsp3) is 0.655. The number of fused-ring (bicyclic) bond motifs is 3. The standard InChI is InChI=1S/C29H40N6O6S/c1-29(2,3)39-28(38)31-23(26(36)34-12-6-7-19(34)15-30)17-33-16-20-14-25(33)27(37)35(20)24-11-8-18-13-21(9-10-22(18)24)42-41-40-32(4)5/h9-10,13,19-20,23-25H,6-8,11-12,14,16-17H2,1-5H3,(H,31,38)/t19-,20+,23-,24+,25+/m0/s1. The molecule has 0 spiro atoms. The first-order valence-corrected chi connectivity index (χ1v) is 15.3. The second kappa shape index (κ2) is 12.4. The molecule has 1 aliphatic carbocycles. The highest BCUT2D eigenvalue weighted by Gasteiger charge is 2.53. The van der Waals surface area contributed by atoms with E-state index >= 15 is 0 Å². The predicted molar refractivity (Wildman–Crippen MR) is 153 cm³/mol. The zero-order chi connectivity index (χ0) is 30.2. The number of hydroxylamine groups is 2. The third kappa shape index (κ3) is 6.53. The second-order valence-electron chi connectivity index (χ2n) is 12.6. The summed E-state index contributed by atoms with van der Waals surface area (Å²) in [5.74, 6) is -0.250. The number of aryl methyl sites for hydroxylation is 1. The average molecular weight is 601 g/mol. The molecule has 3 saturated heterocycles.